The van der Waals surface area contributed by atoms with Crippen LogP contribution in [-0.2, 0) is 17.5 Å². The first-order valence-corrected chi connectivity index (χ1v) is 10.7. The number of carbonyl (C=O) groups is 1. The van der Waals surface area contributed by atoms with Crippen LogP contribution < -0.4 is 4.74 Å². The Bertz CT molecular complexity index is 1270. The zero-order chi connectivity index (χ0) is 25.9. The van der Waals surface area contributed by atoms with Crippen LogP contribution >= 0.6 is 0 Å². The average Bonchev–Trinajstić information content (AvgIpc) is 3.15. The van der Waals surface area contributed by atoms with Crippen molar-refractivity contribution in [2.45, 2.75) is 58.3 Å². The lowest BCUT2D eigenvalue weighted by Gasteiger charge is -2.40. The number of amides is 1. The maximum atomic E-state index is 13.4. The van der Waals surface area contributed by atoms with Crippen molar-refractivity contribution in [1.82, 2.24) is 4.90 Å². The van der Waals surface area contributed by atoms with E-state index in [1.54, 1.807) is 32.6 Å². The predicted molar refractivity (Wildman–Crippen MR) is 116 cm³/mol. The van der Waals surface area contributed by atoms with Crippen LogP contribution in [0.1, 0.15) is 54.7 Å². The molecule has 2 aromatic carbocycles. The van der Waals surface area contributed by atoms with Crippen LogP contribution in [0.25, 0.3) is 0 Å². The highest BCUT2D eigenvalue weighted by atomic mass is 19.4. The lowest BCUT2D eigenvalue weighted by Crippen LogP contribution is -2.53. The van der Waals surface area contributed by atoms with Gasteiger partial charge >= 0.3 is 6.18 Å². The lowest BCUT2D eigenvalue weighted by atomic mass is 9.78. The fourth-order valence-electron chi connectivity index (χ4n) is 5.17. The molecule has 0 aromatic heterocycles. The van der Waals surface area contributed by atoms with Crippen LogP contribution in [0.3, 0.4) is 0 Å². The van der Waals surface area contributed by atoms with E-state index in [2.05, 4.69) is 0 Å². The van der Waals surface area contributed by atoms with E-state index < -0.39 is 45.6 Å². The molecular weight excluding hydrogens is 467 g/mol. The Kier molecular flexibility index (Phi) is 5.56. The Morgan fingerprint density at radius 1 is 1.20 bits per heavy atom. The number of hydrogen-bond acceptors (Lipinski definition) is 6. The minimum atomic E-state index is -4.74. The normalized spacial score (nSPS) is 22.6. The van der Waals surface area contributed by atoms with Crippen molar-refractivity contribution >= 4 is 11.6 Å². The summed E-state index contributed by atoms with van der Waals surface area (Å²) in [5.74, 6) is -0.444. The second-order valence-corrected chi connectivity index (χ2v) is 9.74. The second-order valence-electron chi connectivity index (χ2n) is 9.74. The van der Waals surface area contributed by atoms with E-state index in [4.69, 9.17) is 14.7 Å². The monoisotopic (exact) mass is 489 g/mol. The fourth-order valence-corrected chi connectivity index (χ4v) is 5.17. The van der Waals surface area contributed by atoms with Gasteiger partial charge in [-0.1, -0.05) is 13.8 Å². The third-order valence-electron chi connectivity index (χ3n) is 6.48. The number of alkyl halides is 3. The molecule has 11 heteroatoms. The number of carbonyl (C=O) groups excluding carboxylic acids is 1. The van der Waals surface area contributed by atoms with E-state index in [0.29, 0.717) is 11.1 Å². The molecule has 8 nitrogen and oxygen atoms in total. The molecule has 0 aliphatic carbocycles. The van der Waals surface area contributed by atoms with Crippen LogP contribution in [0, 0.1) is 26.9 Å². The second kappa shape index (κ2) is 7.95. The topological polar surface area (TPSA) is 106 Å². The van der Waals surface area contributed by atoms with E-state index in [1.807, 2.05) is 0 Å². The van der Waals surface area contributed by atoms with E-state index in [1.165, 1.54) is 30.3 Å². The minimum absolute atomic E-state index is 0.123. The van der Waals surface area contributed by atoms with E-state index in [9.17, 15) is 28.1 Å². The van der Waals surface area contributed by atoms with Gasteiger partial charge in [0, 0.05) is 24.2 Å². The Morgan fingerprint density at radius 3 is 2.49 bits per heavy atom. The van der Waals surface area contributed by atoms with Crippen molar-refractivity contribution in [2.75, 3.05) is 0 Å². The van der Waals surface area contributed by atoms with Gasteiger partial charge in [0.1, 0.15) is 5.75 Å². The number of benzene rings is 2. The van der Waals surface area contributed by atoms with Crippen molar-refractivity contribution in [3.63, 3.8) is 0 Å². The van der Waals surface area contributed by atoms with Crippen LogP contribution in [0.15, 0.2) is 36.4 Å². The molecule has 1 amide bonds. The summed E-state index contributed by atoms with van der Waals surface area (Å²) in [6.45, 7) is 7.19. The molecule has 2 aromatic rings. The molecule has 2 atom stereocenters. The number of rotatable bonds is 4. The zero-order valence-corrected chi connectivity index (χ0v) is 19.3. The third kappa shape index (κ3) is 4.08. The van der Waals surface area contributed by atoms with Gasteiger partial charge in [0.05, 0.1) is 39.2 Å². The smallest absolute Gasteiger partial charge is 0.417 e. The summed E-state index contributed by atoms with van der Waals surface area (Å²) < 4.78 is 52.2. The van der Waals surface area contributed by atoms with Crippen molar-refractivity contribution in [3.8, 4) is 11.8 Å². The van der Waals surface area contributed by atoms with Crippen LogP contribution in [0.5, 0.6) is 5.75 Å². The molecule has 0 radical (unpaired) electrons. The lowest BCUT2D eigenvalue weighted by molar-refractivity contribution is -0.384. The molecule has 0 spiro atoms. The summed E-state index contributed by atoms with van der Waals surface area (Å²) in [6.07, 6.45) is -5.77. The molecule has 4 rings (SSSR count). The van der Waals surface area contributed by atoms with Gasteiger partial charge in [-0.05, 0) is 43.7 Å². The fraction of sp³-hybridized carbons (Fsp3) is 0.417. The first kappa shape index (κ1) is 24.5. The van der Waals surface area contributed by atoms with Crippen molar-refractivity contribution in [2.24, 2.45) is 5.41 Å². The summed E-state index contributed by atoms with van der Waals surface area (Å²) in [6, 6.07) is 8.09. The van der Waals surface area contributed by atoms with Gasteiger partial charge in [0.25, 0.3) is 11.6 Å². The quantitative estimate of drug-likeness (QED) is 0.440. The maximum Gasteiger partial charge on any atom is 0.417 e. The van der Waals surface area contributed by atoms with Gasteiger partial charge in [0.15, 0.2) is 0 Å². The highest BCUT2D eigenvalue weighted by Gasteiger charge is 2.60. The molecule has 0 saturated carbocycles. The molecule has 2 aliphatic rings. The zero-order valence-electron chi connectivity index (χ0n) is 19.3. The largest absolute Gasteiger partial charge is 0.464 e. The molecule has 0 unspecified atom stereocenters. The van der Waals surface area contributed by atoms with Crippen molar-refractivity contribution < 1.29 is 32.4 Å². The average molecular weight is 489 g/mol. The van der Waals surface area contributed by atoms with E-state index in [-0.39, 0.29) is 23.9 Å². The molecule has 1 fully saturated rings. The number of nitro benzene ring substituents is 1. The summed E-state index contributed by atoms with van der Waals surface area (Å²) >= 11 is 0. The number of non-ortho nitro benzene ring substituents is 1. The van der Waals surface area contributed by atoms with Crippen molar-refractivity contribution in [1.29, 1.82) is 5.26 Å². The van der Waals surface area contributed by atoms with Gasteiger partial charge < -0.3 is 14.4 Å². The third-order valence-corrected chi connectivity index (χ3v) is 6.48. The molecule has 184 valence electrons. The molecule has 2 heterocycles. The summed E-state index contributed by atoms with van der Waals surface area (Å²) in [4.78, 5) is 25.4. The first-order valence-electron chi connectivity index (χ1n) is 10.7. The van der Waals surface area contributed by atoms with Gasteiger partial charge in [0.2, 0.25) is 6.29 Å². The maximum absolute atomic E-state index is 13.4. The number of hydrogen-bond donors (Lipinski definition) is 0. The van der Waals surface area contributed by atoms with Crippen molar-refractivity contribution in [3.05, 3.63) is 68.8 Å². The Hall–Kier alpha value is -3.65. The number of nitrogens with zero attached hydrogens (tertiary/aromatic N) is 3. The Balaban J connectivity index is 1.65. The number of nitriles is 1. The SMILES string of the molecule is CC1(C)O[C@@H](Oc2ccc(C#N)c(C(F)(F)F)c2)C(C)(C)[C@H]1N1Cc2cc([N+](=O)[O-])ccc2C1=O. The van der Waals surface area contributed by atoms with Gasteiger partial charge in [-0.25, -0.2) is 0 Å². The summed E-state index contributed by atoms with van der Waals surface area (Å²) in [7, 11) is 0. The van der Waals surface area contributed by atoms with Gasteiger partial charge in [-0.2, -0.15) is 18.4 Å². The molecular formula is C24H22F3N3O5. The molecule has 1 saturated heterocycles. The highest BCUT2D eigenvalue weighted by molar-refractivity contribution is 5.99. The van der Waals surface area contributed by atoms with Crippen LogP contribution in [0.4, 0.5) is 18.9 Å². The predicted octanol–water partition coefficient (Wildman–Crippen LogP) is 5.05. The summed E-state index contributed by atoms with van der Waals surface area (Å²) in [5.41, 5.74) is -2.74. The molecule has 2 aliphatic heterocycles. The molecule has 35 heavy (non-hydrogen) atoms. The van der Waals surface area contributed by atoms with Crippen LogP contribution in [-0.4, -0.2) is 33.7 Å². The number of nitro groups is 1. The molecule has 0 bridgehead atoms. The Labute approximate surface area is 199 Å². The van der Waals surface area contributed by atoms with Crippen LogP contribution in [0.2, 0.25) is 0 Å². The standard InChI is InChI=1S/C24H22F3N3O5/c1-22(2)20(29-12-14-9-15(30(32)33)6-8-17(14)19(29)31)23(3,4)35-21(22)34-16-7-5-13(11-28)18(10-16)24(25,26)27/h5-10,20-21H,12H2,1-4H3/t20-,21-/m1/s1. The Morgan fingerprint density at radius 2 is 1.89 bits per heavy atom. The van der Waals surface area contributed by atoms with Gasteiger partial charge in [-0.15, -0.1) is 0 Å². The highest BCUT2D eigenvalue weighted by Crippen LogP contribution is 2.49. The van der Waals surface area contributed by atoms with E-state index in [0.717, 1.165) is 12.1 Å². The number of fused-ring (bicyclic) bond motifs is 1. The first-order chi connectivity index (χ1) is 16.2. The van der Waals surface area contributed by atoms with Gasteiger partial charge in [-0.3, -0.25) is 14.9 Å². The number of ether oxygens (including phenoxy) is 2. The molecule has 0 N–H and O–H groups in total. The van der Waals surface area contributed by atoms with E-state index >= 15 is 0 Å². The summed E-state index contributed by atoms with van der Waals surface area (Å²) in [5, 5.41) is 20.2. The minimum Gasteiger partial charge on any atom is -0.464 e. The number of halogens is 3.